The summed E-state index contributed by atoms with van der Waals surface area (Å²) in [6.45, 7) is 0. The van der Waals surface area contributed by atoms with Crippen molar-refractivity contribution in [1.82, 2.24) is 24.1 Å². The van der Waals surface area contributed by atoms with Crippen LogP contribution >= 0.6 is 0 Å². The van der Waals surface area contributed by atoms with Gasteiger partial charge in [0, 0.05) is 49.3 Å². The Hall–Kier alpha value is -7.37. The number of benzene rings is 8. The number of nitrogens with zero attached hydrogens (tertiary/aromatic N) is 5. The molecule has 11 rings (SSSR count). The number of hydrogen-bond acceptors (Lipinski definition) is 3. The van der Waals surface area contributed by atoms with Crippen molar-refractivity contribution in [3.05, 3.63) is 188 Å². The smallest absolute Gasteiger partial charge is 0.164 e. The van der Waals surface area contributed by atoms with E-state index in [1.807, 2.05) is 60.7 Å². The Morgan fingerprint density at radius 1 is 0.315 bits per heavy atom. The lowest BCUT2D eigenvalue weighted by Gasteiger charge is -2.15. The van der Waals surface area contributed by atoms with Crippen LogP contribution in [0.4, 0.5) is 0 Å². The van der Waals surface area contributed by atoms with Crippen molar-refractivity contribution in [3.8, 4) is 45.5 Å². The maximum Gasteiger partial charge on any atom is 0.164 e. The van der Waals surface area contributed by atoms with E-state index in [1.165, 1.54) is 32.6 Å². The quantitative estimate of drug-likeness (QED) is 0.181. The monoisotopic (exact) mass is 689 g/mol. The third kappa shape index (κ3) is 4.62. The van der Waals surface area contributed by atoms with Crippen LogP contribution < -0.4 is 0 Å². The molecule has 0 aliphatic carbocycles. The first-order valence-corrected chi connectivity index (χ1v) is 18.2. The molecule has 54 heavy (non-hydrogen) atoms. The molecule has 8 aromatic carbocycles. The van der Waals surface area contributed by atoms with Crippen molar-refractivity contribution < 1.29 is 0 Å². The zero-order chi connectivity index (χ0) is 35.6. The van der Waals surface area contributed by atoms with Gasteiger partial charge in [-0.3, -0.25) is 0 Å². The highest BCUT2D eigenvalue weighted by Gasteiger charge is 2.22. The average molecular weight is 690 g/mol. The number of hydrogen-bond donors (Lipinski definition) is 0. The molecule has 5 nitrogen and oxygen atoms in total. The van der Waals surface area contributed by atoms with Crippen LogP contribution in [0.15, 0.2) is 188 Å². The summed E-state index contributed by atoms with van der Waals surface area (Å²) in [6, 6.07) is 66.1. The normalized spacial score (nSPS) is 11.7. The van der Waals surface area contributed by atoms with Crippen LogP contribution in [-0.4, -0.2) is 24.1 Å². The summed E-state index contributed by atoms with van der Waals surface area (Å²) in [5, 5.41) is 7.11. The van der Waals surface area contributed by atoms with Gasteiger partial charge in [0.05, 0.1) is 27.8 Å². The minimum atomic E-state index is 0.641. The molecular formula is C49H31N5. The van der Waals surface area contributed by atoms with Crippen molar-refractivity contribution in [2.24, 2.45) is 0 Å². The molecule has 0 aliphatic heterocycles. The Labute approximate surface area is 311 Å². The van der Waals surface area contributed by atoms with Gasteiger partial charge < -0.3 is 9.13 Å². The second-order valence-corrected chi connectivity index (χ2v) is 13.6. The van der Waals surface area contributed by atoms with Crippen molar-refractivity contribution in [1.29, 1.82) is 0 Å². The summed E-state index contributed by atoms with van der Waals surface area (Å²) in [6.07, 6.45) is 0. The lowest BCUT2D eigenvalue weighted by Crippen LogP contribution is -2.01. The van der Waals surface area contributed by atoms with Gasteiger partial charge in [0.1, 0.15) is 0 Å². The van der Waals surface area contributed by atoms with Crippen LogP contribution in [0.2, 0.25) is 0 Å². The summed E-state index contributed by atoms with van der Waals surface area (Å²) < 4.78 is 4.86. The highest BCUT2D eigenvalue weighted by molar-refractivity contribution is 6.26. The van der Waals surface area contributed by atoms with Gasteiger partial charge in [-0.1, -0.05) is 146 Å². The second kappa shape index (κ2) is 12.1. The zero-order valence-electron chi connectivity index (χ0n) is 29.1. The maximum absolute atomic E-state index is 5.10. The second-order valence-electron chi connectivity index (χ2n) is 13.6. The van der Waals surface area contributed by atoms with Crippen molar-refractivity contribution in [2.45, 2.75) is 0 Å². The van der Waals surface area contributed by atoms with E-state index >= 15 is 0 Å². The summed E-state index contributed by atoms with van der Waals surface area (Å²) in [4.78, 5) is 15.2. The number of aromatic nitrogens is 5. The number of rotatable bonds is 5. The molecule has 0 unspecified atom stereocenters. The Balaban J connectivity index is 1.20. The minimum Gasteiger partial charge on any atom is -0.309 e. The fourth-order valence-corrected chi connectivity index (χ4v) is 8.22. The molecule has 3 aromatic heterocycles. The maximum atomic E-state index is 5.10. The topological polar surface area (TPSA) is 48.5 Å². The van der Waals surface area contributed by atoms with E-state index in [2.05, 4.69) is 137 Å². The summed E-state index contributed by atoms with van der Waals surface area (Å²) in [5.74, 6) is 1.93. The van der Waals surface area contributed by atoms with Crippen LogP contribution in [0.5, 0.6) is 0 Å². The number of fused-ring (bicyclic) bond motifs is 8. The first-order valence-electron chi connectivity index (χ1n) is 18.2. The van der Waals surface area contributed by atoms with E-state index in [-0.39, 0.29) is 0 Å². The molecule has 11 aromatic rings. The van der Waals surface area contributed by atoms with Gasteiger partial charge >= 0.3 is 0 Å². The van der Waals surface area contributed by atoms with Gasteiger partial charge in [-0.15, -0.1) is 0 Å². The molecule has 0 fully saturated rings. The van der Waals surface area contributed by atoms with Gasteiger partial charge in [-0.25, -0.2) is 15.0 Å². The van der Waals surface area contributed by atoms with Crippen molar-refractivity contribution >= 4 is 54.4 Å². The molecule has 5 heteroatoms. The van der Waals surface area contributed by atoms with Crippen LogP contribution in [0.3, 0.4) is 0 Å². The van der Waals surface area contributed by atoms with Gasteiger partial charge in [0.15, 0.2) is 17.5 Å². The van der Waals surface area contributed by atoms with Gasteiger partial charge in [-0.2, -0.15) is 0 Å². The Bertz CT molecular complexity index is 3140. The molecular weight excluding hydrogens is 659 g/mol. The predicted octanol–water partition coefficient (Wildman–Crippen LogP) is 12.2. The lowest BCUT2D eigenvalue weighted by molar-refractivity contribution is 1.08. The van der Waals surface area contributed by atoms with E-state index in [1.54, 1.807) is 0 Å². The van der Waals surface area contributed by atoms with Crippen LogP contribution in [0.25, 0.3) is 99.9 Å². The largest absolute Gasteiger partial charge is 0.309 e. The highest BCUT2D eigenvalue weighted by atomic mass is 15.0. The molecule has 252 valence electrons. The molecule has 0 spiro atoms. The molecule has 0 amide bonds. The van der Waals surface area contributed by atoms with Crippen LogP contribution in [0.1, 0.15) is 0 Å². The van der Waals surface area contributed by atoms with E-state index in [9.17, 15) is 0 Å². The predicted molar refractivity (Wildman–Crippen MR) is 222 cm³/mol. The summed E-state index contributed by atoms with van der Waals surface area (Å²) in [7, 11) is 0. The molecule has 3 heterocycles. The Morgan fingerprint density at radius 3 is 1.50 bits per heavy atom. The first kappa shape index (κ1) is 30.3. The third-order valence-corrected chi connectivity index (χ3v) is 10.6. The lowest BCUT2D eigenvalue weighted by atomic mass is 10.0. The van der Waals surface area contributed by atoms with Crippen molar-refractivity contribution in [3.63, 3.8) is 0 Å². The van der Waals surface area contributed by atoms with E-state index in [0.29, 0.717) is 17.5 Å². The van der Waals surface area contributed by atoms with Crippen LogP contribution in [-0.2, 0) is 0 Å². The third-order valence-electron chi connectivity index (χ3n) is 10.6. The van der Waals surface area contributed by atoms with Crippen molar-refractivity contribution in [2.75, 3.05) is 0 Å². The van der Waals surface area contributed by atoms with Crippen LogP contribution in [0, 0.1) is 0 Å². The molecule has 0 radical (unpaired) electrons. The van der Waals surface area contributed by atoms with Gasteiger partial charge in [0.2, 0.25) is 0 Å². The molecule has 0 N–H and O–H groups in total. The van der Waals surface area contributed by atoms with E-state index in [0.717, 1.165) is 49.9 Å². The molecule has 0 atom stereocenters. The standard InChI is InChI=1S/C49H31N5/c1-4-16-32(17-5-1)47-50-48(33-18-6-2-7-19-33)52-49(51-47)39-29-30-43(36-23-11-10-22-35(36)39)54-42-27-15-13-25-40(42)45-44(54)31-28-38-37-24-12-14-26-41(37)53(46(38)45)34-20-8-3-9-21-34/h1-31H. The molecule has 0 saturated carbocycles. The number of para-hydroxylation sites is 3. The molecule has 0 bridgehead atoms. The summed E-state index contributed by atoms with van der Waals surface area (Å²) in [5.41, 5.74) is 9.81. The first-order chi connectivity index (χ1) is 26.8. The van der Waals surface area contributed by atoms with E-state index < -0.39 is 0 Å². The Kier molecular flexibility index (Phi) is 6.79. The van der Waals surface area contributed by atoms with Gasteiger partial charge in [0.25, 0.3) is 0 Å². The zero-order valence-corrected chi connectivity index (χ0v) is 29.1. The fourth-order valence-electron chi connectivity index (χ4n) is 8.22. The SMILES string of the molecule is c1ccc(-c2nc(-c3ccccc3)nc(-c3ccc(-n4c5ccccc5c5c4ccc4c6ccccc6n(-c6ccccc6)c45)c4ccccc34)n2)cc1. The average Bonchev–Trinajstić information content (AvgIpc) is 3.77. The van der Waals surface area contributed by atoms with E-state index in [4.69, 9.17) is 15.0 Å². The Morgan fingerprint density at radius 2 is 0.833 bits per heavy atom. The minimum absolute atomic E-state index is 0.641. The van der Waals surface area contributed by atoms with Gasteiger partial charge in [-0.05, 0) is 47.9 Å². The molecule has 0 aliphatic rings. The highest BCUT2D eigenvalue weighted by Crippen LogP contribution is 2.43. The molecule has 0 saturated heterocycles. The fraction of sp³-hybridized carbons (Fsp3) is 0. The summed E-state index contributed by atoms with van der Waals surface area (Å²) >= 11 is 0.